The number of aryl methyl sites for hydroxylation is 1. The van der Waals surface area contributed by atoms with E-state index in [4.69, 9.17) is 11.6 Å². The highest BCUT2D eigenvalue weighted by atomic mass is 32.1. The smallest absolute Gasteiger partial charge is 0.230 e. The van der Waals surface area contributed by atoms with Crippen molar-refractivity contribution >= 4 is 34.5 Å². The van der Waals surface area contributed by atoms with Gasteiger partial charge >= 0.3 is 0 Å². The van der Waals surface area contributed by atoms with E-state index >= 15 is 0 Å². The average Bonchev–Trinajstić information content (AvgIpc) is 3.21. The van der Waals surface area contributed by atoms with E-state index in [1.165, 1.54) is 0 Å². The molecule has 0 unspecified atom stereocenters. The van der Waals surface area contributed by atoms with Crippen molar-refractivity contribution in [1.82, 2.24) is 4.98 Å². The highest BCUT2D eigenvalue weighted by Crippen LogP contribution is 2.34. The molecule has 0 aliphatic carbocycles. The van der Waals surface area contributed by atoms with Crippen molar-refractivity contribution in [2.24, 2.45) is 28.5 Å². The minimum absolute atomic E-state index is 0.0981. The van der Waals surface area contributed by atoms with Crippen LogP contribution in [0, 0.1) is 18.8 Å². The van der Waals surface area contributed by atoms with Crippen LogP contribution in [-0.2, 0) is 11.2 Å². The maximum Gasteiger partial charge on any atom is 0.230 e. The zero-order chi connectivity index (χ0) is 25.5. The Kier molecular flexibility index (Phi) is 8.87. The fourth-order valence-corrected chi connectivity index (χ4v) is 4.72. The maximum atomic E-state index is 13.1. The first kappa shape index (κ1) is 26.2. The molecule has 1 amide bonds. The van der Waals surface area contributed by atoms with E-state index in [-0.39, 0.29) is 18.2 Å². The molecule has 1 heterocycles. The van der Waals surface area contributed by atoms with Crippen molar-refractivity contribution in [2.45, 2.75) is 41.0 Å². The van der Waals surface area contributed by atoms with Gasteiger partial charge in [-0.25, -0.2) is 4.98 Å². The minimum Gasteiger partial charge on any atom is -0.382 e. The highest BCUT2D eigenvalue weighted by molar-refractivity contribution is 7.09. The summed E-state index contributed by atoms with van der Waals surface area (Å²) in [5.41, 5.74) is 11.2. The Morgan fingerprint density at radius 2 is 1.80 bits per heavy atom. The number of benzene rings is 2. The van der Waals surface area contributed by atoms with Crippen molar-refractivity contribution in [3.05, 3.63) is 64.1 Å². The summed E-state index contributed by atoms with van der Waals surface area (Å²) in [5, 5.41) is 9.73. The predicted molar refractivity (Wildman–Crippen MR) is 148 cm³/mol. The molecule has 0 radical (unpaired) electrons. The topological polar surface area (TPSA) is 110 Å². The van der Waals surface area contributed by atoms with Crippen LogP contribution in [-0.4, -0.2) is 29.8 Å². The molecule has 35 heavy (non-hydrogen) atoms. The molecule has 0 aliphatic rings. The second kappa shape index (κ2) is 11.8. The number of amidine groups is 1. The van der Waals surface area contributed by atoms with Crippen molar-refractivity contribution < 1.29 is 4.79 Å². The molecule has 3 aromatic rings. The number of rotatable bonds is 10. The van der Waals surface area contributed by atoms with E-state index < -0.39 is 0 Å². The molecular formula is C27H36N6OS. The molecule has 5 N–H and O–H groups in total. The summed E-state index contributed by atoms with van der Waals surface area (Å²) < 4.78 is 0. The number of carbonyl (C=O) groups is 1. The number of nitrogens with two attached hydrogens (primary N) is 2. The largest absolute Gasteiger partial charge is 0.382 e. The van der Waals surface area contributed by atoms with E-state index in [9.17, 15) is 4.79 Å². The fraction of sp³-hybridized carbons (Fsp3) is 0.370. The van der Waals surface area contributed by atoms with Crippen LogP contribution in [0.1, 0.15) is 44.0 Å². The lowest BCUT2D eigenvalue weighted by Crippen LogP contribution is -2.32. The van der Waals surface area contributed by atoms with Gasteiger partial charge in [0.15, 0.2) is 5.84 Å². The van der Waals surface area contributed by atoms with E-state index in [1.807, 2.05) is 42.6 Å². The standard InChI is InChI=1S/C27H36N6OS/c1-17(2)14-33(15-18(3)4)25-11-10-20(22-8-6-7-9-23(22)27(28)32-29)12-24(25)31-26(34)13-21-16-35-19(5)30-21/h6-12,16-18H,13-15,29H2,1-5H3,(H2,28,32)(H,31,34). The van der Waals surface area contributed by atoms with Gasteiger partial charge in [0.05, 0.1) is 28.5 Å². The van der Waals surface area contributed by atoms with Gasteiger partial charge in [0.2, 0.25) is 5.91 Å². The number of nitrogens with one attached hydrogen (secondary N) is 1. The van der Waals surface area contributed by atoms with Gasteiger partial charge in [-0.2, -0.15) is 5.10 Å². The van der Waals surface area contributed by atoms with Crippen LogP contribution in [0.15, 0.2) is 52.9 Å². The number of amides is 1. The average molecular weight is 493 g/mol. The van der Waals surface area contributed by atoms with Crippen LogP contribution < -0.4 is 21.8 Å². The Morgan fingerprint density at radius 1 is 1.11 bits per heavy atom. The van der Waals surface area contributed by atoms with Crippen LogP contribution in [0.3, 0.4) is 0 Å². The van der Waals surface area contributed by atoms with Gasteiger partial charge < -0.3 is 21.8 Å². The van der Waals surface area contributed by atoms with Crippen molar-refractivity contribution in [1.29, 1.82) is 0 Å². The van der Waals surface area contributed by atoms with Crippen molar-refractivity contribution in [2.75, 3.05) is 23.3 Å². The van der Waals surface area contributed by atoms with Gasteiger partial charge in [0, 0.05) is 24.0 Å². The van der Waals surface area contributed by atoms with Gasteiger partial charge in [0.1, 0.15) is 0 Å². The highest BCUT2D eigenvalue weighted by Gasteiger charge is 2.19. The molecule has 8 heteroatoms. The summed E-state index contributed by atoms with van der Waals surface area (Å²) in [7, 11) is 0. The van der Waals surface area contributed by atoms with Crippen LogP contribution >= 0.6 is 11.3 Å². The van der Waals surface area contributed by atoms with E-state index in [0.717, 1.165) is 51.9 Å². The number of hydrogen-bond acceptors (Lipinski definition) is 6. The van der Waals surface area contributed by atoms with Crippen molar-refractivity contribution in [3.8, 4) is 11.1 Å². The Morgan fingerprint density at radius 3 is 2.40 bits per heavy atom. The number of anilines is 2. The second-order valence-corrected chi connectivity index (χ2v) is 10.6. The quantitative estimate of drug-likeness (QED) is 0.160. The summed E-state index contributed by atoms with van der Waals surface area (Å²) in [6.45, 7) is 12.5. The lowest BCUT2D eigenvalue weighted by atomic mass is 9.97. The summed E-state index contributed by atoms with van der Waals surface area (Å²) >= 11 is 1.55. The molecule has 0 saturated heterocycles. The zero-order valence-electron chi connectivity index (χ0n) is 21.2. The molecular weight excluding hydrogens is 456 g/mol. The van der Waals surface area contributed by atoms with Gasteiger partial charge in [-0.1, -0.05) is 58.0 Å². The summed E-state index contributed by atoms with van der Waals surface area (Å²) in [5.74, 6) is 6.57. The SMILES string of the molecule is Cc1nc(CC(=O)Nc2cc(-c3ccccc3/C(N)=N/N)ccc2N(CC(C)C)CC(C)C)cs1. The molecule has 7 nitrogen and oxygen atoms in total. The number of hydrogen-bond donors (Lipinski definition) is 3. The van der Waals surface area contributed by atoms with E-state index in [1.54, 1.807) is 11.3 Å². The number of hydrazone groups is 1. The van der Waals surface area contributed by atoms with Gasteiger partial charge in [-0.05, 0) is 42.0 Å². The Balaban J connectivity index is 2.05. The normalized spacial score (nSPS) is 11.8. The first-order valence-corrected chi connectivity index (χ1v) is 12.8. The first-order valence-electron chi connectivity index (χ1n) is 11.9. The Labute approximate surface area is 212 Å². The lowest BCUT2D eigenvalue weighted by molar-refractivity contribution is -0.115. The number of aromatic nitrogens is 1. The molecule has 186 valence electrons. The molecule has 0 fully saturated rings. The van der Waals surface area contributed by atoms with Crippen LogP contribution in [0.25, 0.3) is 11.1 Å². The van der Waals surface area contributed by atoms with Crippen LogP contribution in [0.4, 0.5) is 11.4 Å². The van der Waals surface area contributed by atoms with Crippen LogP contribution in [0.5, 0.6) is 0 Å². The molecule has 2 aromatic carbocycles. The lowest BCUT2D eigenvalue weighted by Gasteiger charge is -2.31. The van der Waals surface area contributed by atoms with Crippen molar-refractivity contribution in [3.63, 3.8) is 0 Å². The number of carbonyl (C=O) groups excluding carboxylic acids is 1. The number of thiazole rings is 1. The molecule has 0 saturated carbocycles. The Hall–Kier alpha value is -3.39. The van der Waals surface area contributed by atoms with Gasteiger partial charge in [0.25, 0.3) is 0 Å². The molecule has 1 aromatic heterocycles. The monoisotopic (exact) mass is 492 g/mol. The first-order chi connectivity index (χ1) is 16.7. The second-order valence-electron chi connectivity index (χ2n) is 9.57. The summed E-state index contributed by atoms with van der Waals surface area (Å²) in [6.07, 6.45) is 0.228. The fourth-order valence-electron chi connectivity index (χ4n) is 4.11. The molecule has 0 aliphatic heterocycles. The summed E-state index contributed by atoms with van der Waals surface area (Å²) in [4.78, 5) is 19.9. The van der Waals surface area contributed by atoms with E-state index in [2.05, 4.69) is 60.1 Å². The molecule has 0 spiro atoms. The van der Waals surface area contributed by atoms with Gasteiger partial charge in [-0.3, -0.25) is 4.79 Å². The maximum absolute atomic E-state index is 13.1. The number of nitrogens with zero attached hydrogens (tertiary/aromatic N) is 3. The predicted octanol–water partition coefficient (Wildman–Crippen LogP) is 5.00. The molecule has 0 bridgehead atoms. The third-order valence-electron chi connectivity index (χ3n) is 5.44. The third kappa shape index (κ3) is 7.05. The molecule has 3 rings (SSSR count). The molecule has 0 atom stereocenters. The zero-order valence-corrected chi connectivity index (χ0v) is 22.0. The third-order valence-corrected chi connectivity index (χ3v) is 6.27. The Bertz CT molecular complexity index is 1170. The van der Waals surface area contributed by atoms with E-state index in [0.29, 0.717) is 11.8 Å². The summed E-state index contributed by atoms with van der Waals surface area (Å²) in [6, 6.07) is 13.9. The van der Waals surface area contributed by atoms with Crippen LogP contribution in [0.2, 0.25) is 0 Å². The van der Waals surface area contributed by atoms with Gasteiger partial charge in [-0.15, -0.1) is 11.3 Å². The minimum atomic E-state index is -0.0981.